The van der Waals surface area contributed by atoms with Crippen molar-refractivity contribution < 1.29 is 14.0 Å². The molecule has 4 N–H and O–H groups in total. The van der Waals surface area contributed by atoms with Gasteiger partial charge in [-0.25, -0.2) is 0 Å². The number of nitrogens with two attached hydrogens (primary N) is 1. The number of furan rings is 1. The summed E-state index contributed by atoms with van der Waals surface area (Å²) in [5.74, 6) is 0.291. The standard InChI is InChI=1S/C14H21N3O3/c15-9-10-3-1-4-11(10)17-13(18)6-7-16-14(19)12-5-2-8-20-12/h2,5,8,10-11H,1,3-4,6-7,9,15H2,(H,16,19)(H,17,18). The molecule has 20 heavy (non-hydrogen) atoms. The molecule has 0 spiro atoms. The van der Waals surface area contributed by atoms with Gasteiger partial charge in [0.2, 0.25) is 5.91 Å². The molecule has 0 saturated heterocycles. The van der Waals surface area contributed by atoms with Crippen LogP contribution in [-0.2, 0) is 4.79 Å². The molecule has 110 valence electrons. The lowest BCUT2D eigenvalue weighted by molar-refractivity contribution is -0.121. The fourth-order valence-corrected chi connectivity index (χ4v) is 2.57. The Morgan fingerprint density at radius 3 is 2.95 bits per heavy atom. The van der Waals surface area contributed by atoms with Crippen molar-refractivity contribution in [3.05, 3.63) is 24.2 Å². The molecule has 6 heteroatoms. The van der Waals surface area contributed by atoms with E-state index in [0.717, 1.165) is 19.3 Å². The van der Waals surface area contributed by atoms with E-state index in [1.807, 2.05) is 0 Å². The molecular weight excluding hydrogens is 258 g/mol. The van der Waals surface area contributed by atoms with Gasteiger partial charge in [-0.15, -0.1) is 0 Å². The minimum Gasteiger partial charge on any atom is -0.459 e. The number of nitrogens with one attached hydrogen (secondary N) is 2. The van der Waals surface area contributed by atoms with Gasteiger partial charge in [0.05, 0.1) is 6.26 Å². The minimum absolute atomic E-state index is 0.0462. The van der Waals surface area contributed by atoms with Gasteiger partial charge in [-0.2, -0.15) is 0 Å². The number of carbonyl (C=O) groups is 2. The third kappa shape index (κ3) is 3.84. The van der Waals surface area contributed by atoms with E-state index in [-0.39, 0.29) is 30.0 Å². The number of carbonyl (C=O) groups excluding carboxylic acids is 2. The first-order valence-electron chi connectivity index (χ1n) is 7.02. The monoisotopic (exact) mass is 279 g/mol. The van der Waals surface area contributed by atoms with Crippen LogP contribution in [0, 0.1) is 5.92 Å². The zero-order chi connectivity index (χ0) is 14.4. The van der Waals surface area contributed by atoms with Crippen molar-refractivity contribution in [2.24, 2.45) is 11.7 Å². The molecule has 2 rings (SSSR count). The van der Waals surface area contributed by atoms with Crippen LogP contribution in [0.15, 0.2) is 22.8 Å². The molecule has 0 bridgehead atoms. The van der Waals surface area contributed by atoms with E-state index in [1.54, 1.807) is 12.1 Å². The fourth-order valence-electron chi connectivity index (χ4n) is 2.57. The van der Waals surface area contributed by atoms with Crippen LogP contribution in [0.4, 0.5) is 0 Å². The molecule has 1 saturated carbocycles. The van der Waals surface area contributed by atoms with Crippen LogP contribution in [0.2, 0.25) is 0 Å². The maximum absolute atomic E-state index is 11.8. The largest absolute Gasteiger partial charge is 0.459 e. The minimum atomic E-state index is -0.302. The van der Waals surface area contributed by atoms with Crippen LogP contribution in [-0.4, -0.2) is 30.9 Å². The molecule has 6 nitrogen and oxygen atoms in total. The molecule has 0 aliphatic heterocycles. The molecule has 1 aromatic rings. The van der Waals surface area contributed by atoms with Crippen LogP contribution < -0.4 is 16.4 Å². The highest BCUT2D eigenvalue weighted by Gasteiger charge is 2.27. The Kier molecular flexibility index (Phi) is 5.17. The highest BCUT2D eigenvalue weighted by atomic mass is 16.3. The van der Waals surface area contributed by atoms with Crippen molar-refractivity contribution in [2.45, 2.75) is 31.7 Å². The van der Waals surface area contributed by atoms with Gasteiger partial charge in [0.25, 0.3) is 5.91 Å². The van der Waals surface area contributed by atoms with Crippen molar-refractivity contribution in [3.8, 4) is 0 Å². The molecule has 1 fully saturated rings. The van der Waals surface area contributed by atoms with Crippen LogP contribution in [0.1, 0.15) is 36.2 Å². The average Bonchev–Trinajstić information content (AvgIpc) is 3.09. The second-order valence-corrected chi connectivity index (χ2v) is 5.08. The van der Waals surface area contributed by atoms with E-state index in [2.05, 4.69) is 10.6 Å². The summed E-state index contributed by atoms with van der Waals surface area (Å²) in [6.07, 6.45) is 4.89. The summed E-state index contributed by atoms with van der Waals surface area (Å²) in [6.45, 7) is 0.908. The normalized spacial score (nSPS) is 21.6. The molecule has 1 aliphatic rings. The van der Waals surface area contributed by atoms with Gasteiger partial charge in [-0.3, -0.25) is 9.59 Å². The number of rotatable bonds is 6. The van der Waals surface area contributed by atoms with Crippen molar-refractivity contribution >= 4 is 11.8 Å². The third-order valence-electron chi connectivity index (χ3n) is 3.69. The molecule has 2 atom stereocenters. The zero-order valence-corrected chi connectivity index (χ0v) is 11.4. The van der Waals surface area contributed by atoms with Gasteiger partial charge in [0.1, 0.15) is 0 Å². The van der Waals surface area contributed by atoms with Gasteiger partial charge < -0.3 is 20.8 Å². The molecule has 0 aromatic carbocycles. The second-order valence-electron chi connectivity index (χ2n) is 5.08. The lowest BCUT2D eigenvalue weighted by Crippen LogP contribution is -2.41. The molecule has 0 radical (unpaired) electrons. The summed E-state index contributed by atoms with van der Waals surface area (Å²) >= 11 is 0. The van der Waals surface area contributed by atoms with Crippen molar-refractivity contribution in [2.75, 3.05) is 13.1 Å². The summed E-state index contributed by atoms with van der Waals surface area (Å²) in [5, 5.41) is 5.64. The number of hydrogen-bond donors (Lipinski definition) is 3. The maximum Gasteiger partial charge on any atom is 0.286 e. The van der Waals surface area contributed by atoms with Crippen molar-refractivity contribution in [3.63, 3.8) is 0 Å². The van der Waals surface area contributed by atoms with E-state index in [0.29, 0.717) is 19.0 Å². The molecule has 1 heterocycles. The van der Waals surface area contributed by atoms with Gasteiger partial charge in [0, 0.05) is 19.0 Å². The van der Waals surface area contributed by atoms with Gasteiger partial charge in [-0.1, -0.05) is 6.42 Å². The van der Waals surface area contributed by atoms with Crippen LogP contribution in [0.5, 0.6) is 0 Å². The Bertz CT molecular complexity index is 445. The van der Waals surface area contributed by atoms with Crippen LogP contribution in [0.3, 0.4) is 0 Å². The Balaban J connectivity index is 1.66. The predicted octanol–water partition coefficient (Wildman–Crippen LogP) is 0.643. The highest BCUT2D eigenvalue weighted by molar-refractivity contribution is 5.91. The summed E-state index contributed by atoms with van der Waals surface area (Å²) in [7, 11) is 0. The smallest absolute Gasteiger partial charge is 0.286 e. The average molecular weight is 279 g/mol. The SMILES string of the molecule is NCC1CCCC1NC(=O)CCNC(=O)c1ccco1. The van der Waals surface area contributed by atoms with Crippen molar-refractivity contribution in [1.29, 1.82) is 0 Å². The van der Waals surface area contributed by atoms with E-state index >= 15 is 0 Å². The molecule has 2 unspecified atom stereocenters. The van der Waals surface area contributed by atoms with E-state index < -0.39 is 0 Å². The van der Waals surface area contributed by atoms with Gasteiger partial charge in [-0.05, 0) is 37.4 Å². The maximum atomic E-state index is 11.8. The quantitative estimate of drug-likeness (QED) is 0.712. The van der Waals surface area contributed by atoms with E-state index in [1.165, 1.54) is 6.26 Å². The molecule has 1 aliphatic carbocycles. The topological polar surface area (TPSA) is 97.4 Å². The first kappa shape index (κ1) is 14.6. The lowest BCUT2D eigenvalue weighted by Gasteiger charge is -2.19. The first-order chi connectivity index (χ1) is 9.70. The fraction of sp³-hybridized carbons (Fsp3) is 0.571. The Labute approximate surface area is 118 Å². The van der Waals surface area contributed by atoms with Crippen LogP contribution in [0.25, 0.3) is 0 Å². The highest BCUT2D eigenvalue weighted by Crippen LogP contribution is 2.24. The Morgan fingerprint density at radius 2 is 2.25 bits per heavy atom. The number of amides is 2. The zero-order valence-electron chi connectivity index (χ0n) is 11.4. The summed E-state index contributed by atoms with van der Waals surface area (Å²) in [4.78, 5) is 23.4. The van der Waals surface area contributed by atoms with Crippen LogP contribution >= 0.6 is 0 Å². The molecular formula is C14H21N3O3. The third-order valence-corrected chi connectivity index (χ3v) is 3.69. The summed E-state index contributed by atoms with van der Waals surface area (Å²) in [6, 6.07) is 3.42. The van der Waals surface area contributed by atoms with Gasteiger partial charge >= 0.3 is 0 Å². The predicted molar refractivity (Wildman–Crippen MR) is 74.0 cm³/mol. The van der Waals surface area contributed by atoms with E-state index in [4.69, 9.17) is 10.2 Å². The van der Waals surface area contributed by atoms with Gasteiger partial charge in [0.15, 0.2) is 5.76 Å². The van der Waals surface area contributed by atoms with E-state index in [9.17, 15) is 9.59 Å². The molecule has 1 aromatic heterocycles. The summed E-state index contributed by atoms with van der Waals surface area (Å²) < 4.78 is 4.96. The Hall–Kier alpha value is -1.82. The molecule has 2 amide bonds. The Morgan fingerprint density at radius 1 is 1.40 bits per heavy atom. The second kappa shape index (κ2) is 7.09. The lowest BCUT2D eigenvalue weighted by atomic mass is 10.0. The van der Waals surface area contributed by atoms with Crippen molar-refractivity contribution in [1.82, 2.24) is 10.6 Å². The number of hydrogen-bond acceptors (Lipinski definition) is 4. The first-order valence-corrected chi connectivity index (χ1v) is 7.02. The summed E-state index contributed by atoms with van der Waals surface area (Å²) in [5.41, 5.74) is 5.68.